The first-order chi connectivity index (χ1) is 11.6. The van der Waals surface area contributed by atoms with Gasteiger partial charge < -0.3 is 19.8 Å². The molecule has 4 heteroatoms. The second-order valence-electron chi connectivity index (χ2n) is 5.95. The predicted octanol–water partition coefficient (Wildman–Crippen LogP) is 3.67. The topological polar surface area (TPSA) is 49.4 Å². The van der Waals surface area contributed by atoms with Crippen LogP contribution in [0.5, 0.6) is 11.5 Å². The molecule has 0 unspecified atom stereocenters. The van der Waals surface area contributed by atoms with Gasteiger partial charge in [0, 0.05) is 34.8 Å². The van der Waals surface area contributed by atoms with Gasteiger partial charge in [0.05, 0.1) is 14.2 Å². The van der Waals surface area contributed by atoms with Crippen molar-refractivity contribution in [1.82, 2.24) is 4.57 Å². The number of aromatic nitrogens is 1. The van der Waals surface area contributed by atoms with Crippen LogP contribution in [0.2, 0.25) is 0 Å². The highest BCUT2D eigenvalue weighted by atomic mass is 16.5. The molecule has 1 aromatic heterocycles. The normalized spacial score (nSPS) is 11.0. The van der Waals surface area contributed by atoms with Gasteiger partial charge in [0.25, 0.3) is 0 Å². The number of methoxy groups -OCH3 is 2. The molecule has 0 aliphatic heterocycles. The highest BCUT2D eigenvalue weighted by Crippen LogP contribution is 2.44. The van der Waals surface area contributed by atoms with Crippen molar-refractivity contribution in [3.8, 4) is 22.6 Å². The van der Waals surface area contributed by atoms with Crippen molar-refractivity contribution < 1.29 is 9.47 Å². The Morgan fingerprint density at radius 2 is 1.83 bits per heavy atom. The van der Waals surface area contributed by atoms with Crippen molar-refractivity contribution in [2.24, 2.45) is 12.8 Å². The summed E-state index contributed by atoms with van der Waals surface area (Å²) in [5.74, 6) is 1.50. The number of benzene rings is 2. The molecule has 0 spiro atoms. The van der Waals surface area contributed by atoms with E-state index in [-0.39, 0.29) is 0 Å². The van der Waals surface area contributed by atoms with E-state index in [9.17, 15) is 0 Å². The quantitative estimate of drug-likeness (QED) is 0.779. The van der Waals surface area contributed by atoms with Gasteiger partial charge in [0.2, 0.25) is 0 Å². The summed E-state index contributed by atoms with van der Waals surface area (Å²) in [6.07, 6.45) is 0.803. The molecule has 0 aliphatic rings. The van der Waals surface area contributed by atoms with Crippen LogP contribution >= 0.6 is 0 Å². The molecule has 2 N–H and O–H groups in total. The third-order valence-corrected chi connectivity index (χ3v) is 4.64. The monoisotopic (exact) mass is 324 g/mol. The molecule has 0 saturated carbocycles. The van der Waals surface area contributed by atoms with E-state index in [2.05, 4.69) is 48.9 Å². The molecule has 4 nitrogen and oxygen atoms in total. The van der Waals surface area contributed by atoms with Crippen molar-refractivity contribution in [3.63, 3.8) is 0 Å². The number of para-hydroxylation sites is 1. The predicted molar refractivity (Wildman–Crippen MR) is 99.0 cm³/mol. The Kier molecular flexibility index (Phi) is 4.49. The Bertz CT molecular complexity index is 881. The second-order valence-corrected chi connectivity index (χ2v) is 5.95. The average molecular weight is 324 g/mol. The van der Waals surface area contributed by atoms with Gasteiger partial charge in [-0.2, -0.15) is 0 Å². The van der Waals surface area contributed by atoms with Gasteiger partial charge in [-0.15, -0.1) is 0 Å². The van der Waals surface area contributed by atoms with Crippen molar-refractivity contribution in [3.05, 3.63) is 47.7 Å². The smallest absolute Gasteiger partial charge is 0.168 e. The SMILES string of the molecule is COc1cc(CCN)cc(-c2c(C)n(C)c3ccccc23)c1OC. The zero-order chi connectivity index (χ0) is 17.3. The van der Waals surface area contributed by atoms with Crippen LogP contribution in [0.1, 0.15) is 11.3 Å². The highest BCUT2D eigenvalue weighted by Gasteiger charge is 2.20. The molecular formula is C20H24N2O2. The summed E-state index contributed by atoms with van der Waals surface area (Å²) >= 11 is 0. The maximum absolute atomic E-state index is 5.76. The number of hydrogen-bond acceptors (Lipinski definition) is 3. The Morgan fingerprint density at radius 3 is 2.50 bits per heavy atom. The lowest BCUT2D eigenvalue weighted by atomic mass is 9.97. The number of hydrogen-bond donors (Lipinski definition) is 1. The number of ether oxygens (including phenoxy) is 2. The van der Waals surface area contributed by atoms with Crippen LogP contribution in [0.25, 0.3) is 22.0 Å². The van der Waals surface area contributed by atoms with E-state index in [1.807, 2.05) is 6.07 Å². The zero-order valence-electron chi connectivity index (χ0n) is 14.7. The largest absolute Gasteiger partial charge is 0.493 e. The minimum Gasteiger partial charge on any atom is -0.493 e. The minimum atomic E-state index is 0.601. The van der Waals surface area contributed by atoms with Gasteiger partial charge in [0.1, 0.15) is 0 Å². The number of rotatable bonds is 5. The van der Waals surface area contributed by atoms with Gasteiger partial charge in [-0.1, -0.05) is 18.2 Å². The molecule has 0 saturated heterocycles. The van der Waals surface area contributed by atoms with Crippen molar-refractivity contribution in [2.45, 2.75) is 13.3 Å². The fourth-order valence-electron chi connectivity index (χ4n) is 3.38. The molecule has 2 aromatic carbocycles. The summed E-state index contributed by atoms with van der Waals surface area (Å²) < 4.78 is 13.5. The Balaban J connectivity index is 2.37. The number of nitrogens with two attached hydrogens (primary N) is 1. The van der Waals surface area contributed by atoms with Crippen LogP contribution in [0.4, 0.5) is 0 Å². The fraction of sp³-hybridized carbons (Fsp3) is 0.300. The Labute approximate surface area is 142 Å². The lowest BCUT2D eigenvalue weighted by Crippen LogP contribution is -2.04. The molecule has 0 aliphatic carbocycles. The summed E-state index contributed by atoms with van der Waals surface area (Å²) in [4.78, 5) is 0. The lowest BCUT2D eigenvalue weighted by molar-refractivity contribution is 0.355. The molecule has 0 atom stereocenters. The van der Waals surface area contributed by atoms with Crippen molar-refractivity contribution >= 4 is 10.9 Å². The van der Waals surface area contributed by atoms with Crippen LogP contribution in [-0.2, 0) is 13.5 Å². The zero-order valence-corrected chi connectivity index (χ0v) is 14.7. The second kappa shape index (κ2) is 6.57. The maximum atomic E-state index is 5.76. The number of aryl methyl sites for hydroxylation is 1. The third kappa shape index (κ3) is 2.53. The molecule has 1 heterocycles. The van der Waals surface area contributed by atoms with Crippen LogP contribution in [0, 0.1) is 6.92 Å². The van der Waals surface area contributed by atoms with Gasteiger partial charge >= 0.3 is 0 Å². The molecule has 3 rings (SSSR count). The molecular weight excluding hydrogens is 300 g/mol. The number of fused-ring (bicyclic) bond motifs is 1. The summed E-state index contributed by atoms with van der Waals surface area (Å²) in [7, 11) is 5.45. The van der Waals surface area contributed by atoms with Gasteiger partial charge in [0.15, 0.2) is 11.5 Å². The first kappa shape index (κ1) is 16.4. The molecule has 0 bridgehead atoms. The van der Waals surface area contributed by atoms with Crippen molar-refractivity contribution in [1.29, 1.82) is 0 Å². The minimum absolute atomic E-state index is 0.601. The van der Waals surface area contributed by atoms with E-state index < -0.39 is 0 Å². The van der Waals surface area contributed by atoms with Gasteiger partial charge in [-0.3, -0.25) is 0 Å². The molecule has 24 heavy (non-hydrogen) atoms. The van der Waals surface area contributed by atoms with Crippen LogP contribution in [0.15, 0.2) is 36.4 Å². The standard InChI is InChI=1S/C20H24N2O2/c1-13-19(15-7-5-6-8-17(15)22(13)2)16-11-14(9-10-21)12-18(23-3)20(16)24-4/h5-8,11-12H,9-10,21H2,1-4H3. The number of nitrogens with zero attached hydrogens (tertiary/aromatic N) is 1. The van der Waals surface area contributed by atoms with Crippen LogP contribution < -0.4 is 15.2 Å². The lowest BCUT2D eigenvalue weighted by Gasteiger charge is -2.16. The first-order valence-corrected chi connectivity index (χ1v) is 8.11. The fourth-order valence-corrected chi connectivity index (χ4v) is 3.38. The summed E-state index contributed by atoms with van der Waals surface area (Å²) in [6, 6.07) is 12.6. The molecule has 126 valence electrons. The summed E-state index contributed by atoms with van der Waals surface area (Å²) in [6.45, 7) is 2.74. The maximum Gasteiger partial charge on any atom is 0.168 e. The third-order valence-electron chi connectivity index (χ3n) is 4.64. The summed E-state index contributed by atoms with van der Waals surface area (Å²) in [5, 5.41) is 1.21. The van der Waals surface area contributed by atoms with Crippen LogP contribution in [0.3, 0.4) is 0 Å². The van der Waals surface area contributed by atoms with E-state index in [0.717, 1.165) is 29.0 Å². The van der Waals surface area contributed by atoms with E-state index in [4.69, 9.17) is 15.2 Å². The van der Waals surface area contributed by atoms with Crippen LogP contribution in [-0.4, -0.2) is 25.3 Å². The van der Waals surface area contributed by atoms with Gasteiger partial charge in [-0.05, 0) is 43.7 Å². The van der Waals surface area contributed by atoms with Gasteiger partial charge in [-0.25, -0.2) is 0 Å². The van der Waals surface area contributed by atoms with Crippen molar-refractivity contribution in [2.75, 3.05) is 20.8 Å². The van der Waals surface area contributed by atoms with E-state index in [1.165, 1.54) is 22.2 Å². The highest BCUT2D eigenvalue weighted by molar-refractivity contribution is 6.00. The Morgan fingerprint density at radius 1 is 1.08 bits per heavy atom. The first-order valence-electron chi connectivity index (χ1n) is 8.11. The average Bonchev–Trinajstić information content (AvgIpc) is 2.86. The summed E-state index contributed by atoms with van der Waals surface area (Å²) in [5.41, 5.74) is 11.5. The molecule has 0 fully saturated rings. The Hall–Kier alpha value is -2.46. The molecule has 0 radical (unpaired) electrons. The molecule has 3 aromatic rings. The van der Waals surface area contributed by atoms with E-state index >= 15 is 0 Å². The van der Waals surface area contributed by atoms with E-state index in [1.54, 1.807) is 14.2 Å². The molecule has 0 amide bonds. The van der Waals surface area contributed by atoms with E-state index in [0.29, 0.717) is 6.54 Å².